The van der Waals surface area contributed by atoms with Crippen molar-refractivity contribution in [3.05, 3.63) is 41.2 Å². The molecule has 1 aromatic rings. The van der Waals surface area contributed by atoms with Crippen LogP contribution in [0.1, 0.15) is 48.7 Å². The van der Waals surface area contributed by atoms with E-state index in [0.29, 0.717) is 19.5 Å². The van der Waals surface area contributed by atoms with E-state index in [1.165, 1.54) is 12.1 Å². The Bertz CT molecular complexity index is 695. The predicted octanol–water partition coefficient (Wildman–Crippen LogP) is 3.52. The largest absolute Gasteiger partial charge is 0.444 e. The molecule has 1 N–H and O–H groups in total. The molecule has 0 radical (unpaired) electrons. The summed E-state index contributed by atoms with van der Waals surface area (Å²) in [6.45, 7) is 11.6. The summed E-state index contributed by atoms with van der Waals surface area (Å²) in [4.78, 5) is 26.0. The zero-order chi connectivity index (χ0) is 18.8. The summed E-state index contributed by atoms with van der Waals surface area (Å²) >= 11 is 0. The molecule has 0 bridgehead atoms. The highest BCUT2D eigenvalue weighted by Crippen LogP contribution is 2.21. The summed E-state index contributed by atoms with van der Waals surface area (Å²) in [5.74, 6) is -0.925. The summed E-state index contributed by atoms with van der Waals surface area (Å²) in [7, 11) is 0. The summed E-state index contributed by atoms with van der Waals surface area (Å²) in [5, 5.41) is 2.75. The molecule has 2 amide bonds. The lowest BCUT2D eigenvalue weighted by Gasteiger charge is -2.22. The van der Waals surface area contributed by atoms with Gasteiger partial charge in [0.25, 0.3) is 5.91 Å². The third-order valence-corrected chi connectivity index (χ3v) is 4.00. The fraction of sp³-hybridized carbons (Fsp3) is 0.474. The minimum atomic E-state index is -0.579. The molecule has 136 valence electrons. The lowest BCUT2D eigenvalue weighted by Crippen LogP contribution is -2.41. The second-order valence-corrected chi connectivity index (χ2v) is 7.28. The number of rotatable bonds is 3. The highest BCUT2D eigenvalue weighted by Gasteiger charge is 2.30. The lowest BCUT2D eigenvalue weighted by molar-refractivity contribution is 0.0502. The van der Waals surface area contributed by atoms with Gasteiger partial charge in [-0.2, -0.15) is 0 Å². The Labute approximate surface area is 147 Å². The molecule has 1 aliphatic heterocycles. The number of aryl methyl sites for hydroxylation is 1. The number of carbonyl (C=O) groups is 2. The van der Waals surface area contributed by atoms with E-state index in [2.05, 4.69) is 11.9 Å². The van der Waals surface area contributed by atoms with Crippen molar-refractivity contribution in [3.8, 4) is 0 Å². The van der Waals surface area contributed by atoms with Gasteiger partial charge in [0, 0.05) is 13.1 Å². The third kappa shape index (κ3) is 4.81. The fourth-order valence-corrected chi connectivity index (χ4v) is 2.78. The monoisotopic (exact) mass is 348 g/mol. The summed E-state index contributed by atoms with van der Waals surface area (Å²) in [6, 6.07) is 2.66. The Morgan fingerprint density at radius 2 is 2.08 bits per heavy atom. The molecule has 2 rings (SSSR count). The van der Waals surface area contributed by atoms with Crippen LogP contribution in [0.25, 0.3) is 6.08 Å². The molecule has 0 aromatic heterocycles. The summed E-state index contributed by atoms with van der Waals surface area (Å²) < 4.78 is 19.4. The molecular formula is C19H25FN2O3. The molecule has 1 atom stereocenters. The van der Waals surface area contributed by atoms with Gasteiger partial charge >= 0.3 is 6.09 Å². The number of hydrogen-bond acceptors (Lipinski definition) is 3. The van der Waals surface area contributed by atoms with Crippen LogP contribution in [-0.2, 0) is 4.74 Å². The first-order valence-corrected chi connectivity index (χ1v) is 8.32. The second-order valence-electron chi connectivity index (χ2n) is 7.28. The Morgan fingerprint density at radius 3 is 2.68 bits per heavy atom. The van der Waals surface area contributed by atoms with Crippen LogP contribution in [0, 0.1) is 12.7 Å². The number of likely N-dealkylation sites (tertiary alicyclic amines) is 1. The van der Waals surface area contributed by atoms with Crippen molar-refractivity contribution >= 4 is 18.1 Å². The average Bonchev–Trinajstić information content (AvgIpc) is 2.93. The number of amides is 2. The molecule has 0 aliphatic carbocycles. The molecule has 25 heavy (non-hydrogen) atoms. The van der Waals surface area contributed by atoms with Gasteiger partial charge in [-0.3, -0.25) is 4.79 Å². The van der Waals surface area contributed by atoms with Gasteiger partial charge < -0.3 is 15.0 Å². The highest BCUT2D eigenvalue weighted by molar-refractivity contribution is 5.95. The Hall–Kier alpha value is -2.37. The Kier molecular flexibility index (Phi) is 5.50. The Balaban J connectivity index is 2.03. The van der Waals surface area contributed by atoms with Crippen molar-refractivity contribution in [1.82, 2.24) is 10.2 Å². The predicted molar refractivity (Wildman–Crippen MR) is 94.9 cm³/mol. The first-order valence-electron chi connectivity index (χ1n) is 8.32. The van der Waals surface area contributed by atoms with E-state index in [0.717, 1.165) is 11.1 Å². The van der Waals surface area contributed by atoms with Gasteiger partial charge in [-0.15, -0.1) is 0 Å². The quantitative estimate of drug-likeness (QED) is 0.909. The molecule has 6 heteroatoms. The van der Waals surface area contributed by atoms with E-state index in [-0.39, 0.29) is 17.5 Å². The number of benzene rings is 1. The van der Waals surface area contributed by atoms with E-state index < -0.39 is 17.5 Å². The van der Waals surface area contributed by atoms with Gasteiger partial charge in [0.1, 0.15) is 11.4 Å². The van der Waals surface area contributed by atoms with Crippen molar-refractivity contribution in [3.63, 3.8) is 0 Å². The zero-order valence-corrected chi connectivity index (χ0v) is 15.2. The second kappa shape index (κ2) is 7.25. The summed E-state index contributed by atoms with van der Waals surface area (Å²) in [6.07, 6.45) is 1.69. The SMILES string of the molecule is C=Cc1cc(C(=O)N2CCC(NC(=O)OC(C)(C)C)C2)c(F)cc1C. The van der Waals surface area contributed by atoms with Crippen LogP contribution in [0.5, 0.6) is 0 Å². The number of nitrogens with one attached hydrogen (secondary N) is 1. The maximum absolute atomic E-state index is 14.2. The number of alkyl carbamates (subject to hydrolysis) is 1. The van der Waals surface area contributed by atoms with Gasteiger partial charge in [0.05, 0.1) is 11.6 Å². The molecule has 1 fully saturated rings. The van der Waals surface area contributed by atoms with Crippen LogP contribution in [0.2, 0.25) is 0 Å². The van der Waals surface area contributed by atoms with E-state index in [1.54, 1.807) is 38.7 Å². The first kappa shape index (κ1) is 19.0. The van der Waals surface area contributed by atoms with Crippen molar-refractivity contribution < 1.29 is 18.7 Å². The van der Waals surface area contributed by atoms with Crippen LogP contribution in [0.15, 0.2) is 18.7 Å². The lowest BCUT2D eigenvalue weighted by atomic mass is 10.0. The molecule has 1 unspecified atom stereocenters. The molecular weight excluding hydrogens is 323 g/mol. The van der Waals surface area contributed by atoms with Gasteiger partial charge in [-0.25, -0.2) is 9.18 Å². The minimum absolute atomic E-state index is 0.0263. The van der Waals surface area contributed by atoms with Gasteiger partial charge in [-0.1, -0.05) is 12.7 Å². The molecule has 0 saturated carbocycles. The third-order valence-electron chi connectivity index (χ3n) is 4.00. The van der Waals surface area contributed by atoms with Crippen LogP contribution >= 0.6 is 0 Å². The normalized spacial score (nSPS) is 17.3. The maximum atomic E-state index is 14.2. The van der Waals surface area contributed by atoms with E-state index in [9.17, 15) is 14.0 Å². The molecule has 1 heterocycles. The maximum Gasteiger partial charge on any atom is 0.407 e. The van der Waals surface area contributed by atoms with Crippen LogP contribution in [0.3, 0.4) is 0 Å². The first-order chi connectivity index (χ1) is 11.6. The standard InChI is InChI=1S/C19H25FN2O3/c1-6-13-10-15(16(20)9-12(13)2)17(23)22-8-7-14(11-22)21-18(24)25-19(3,4)5/h6,9-10,14H,1,7-8,11H2,2-5H3,(H,21,24). The van der Waals surface area contributed by atoms with E-state index >= 15 is 0 Å². The van der Waals surface area contributed by atoms with Crippen molar-refractivity contribution in [1.29, 1.82) is 0 Å². The van der Waals surface area contributed by atoms with E-state index in [4.69, 9.17) is 4.74 Å². The number of nitrogens with zero attached hydrogens (tertiary/aromatic N) is 1. The van der Waals surface area contributed by atoms with E-state index in [1.807, 2.05) is 0 Å². The topological polar surface area (TPSA) is 58.6 Å². The van der Waals surface area contributed by atoms with Gasteiger partial charge in [-0.05, 0) is 57.4 Å². The number of halogens is 1. The molecule has 1 saturated heterocycles. The van der Waals surface area contributed by atoms with Crippen molar-refractivity contribution in [2.24, 2.45) is 0 Å². The minimum Gasteiger partial charge on any atom is -0.444 e. The number of carbonyl (C=O) groups excluding carboxylic acids is 2. The molecule has 1 aromatic carbocycles. The highest BCUT2D eigenvalue weighted by atomic mass is 19.1. The number of hydrogen-bond donors (Lipinski definition) is 1. The van der Waals surface area contributed by atoms with Crippen molar-refractivity contribution in [2.75, 3.05) is 13.1 Å². The molecule has 1 aliphatic rings. The van der Waals surface area contributed by atoms with Crippen LogP contribution in [0.4, 0.5) is 9.18 Å². The smallest absolute Gasteiger partial charge is 0.407 e. The van der Waals surface area contributed by atoms with Crippen LogP contribution < -0.4 is 5.32 Å². The van der Waals surface area contributed by atoms with Gasteiger partial charge in [0.2, 0.25) is 0 Å². The average molecular weight is 348 g/mol. The fourth-order valence-electron chi connectivity index (χ4n) is 2.78. The van der Waals surface area contributed by atoms with Crippen LogP contribution in [-0.4, -0.2) is 41.6 Å². The molecule has 5 nitrogen and oxygen atoms in total. The van der Waals surface area contributed by atoms with Crippen molar-refractivity contribution in [2.45, 2.75) is 45.8 Å². The molecule has 0 spiro atoms. The zero-order valence-electron chi connectivity index (χ0n) is 15.2. The van der Waals surface area contributed by atoms with Gasteiger partial charge in [0.15, 0.2) is 0 Å². The number of ether oxygens (including phenoxy) is 1. The Morgan fingerprint density at radius 1 is 1.40 bits per heavy atom. The summed E-state index contributed by atoms with van der Waals surface area (Å²) in [5.41, 5.74) is 0.908.